The Morgan fingerprint density at radius 3 is 2.38 bits per heavy atom. The highest BCUT2D eigenvalue weighted by atomic mass is 19.4. The van der Waals surface area contributed by atoms with Crippen LogP contribution in [0.3, 0.4) is 0 Å². The fourth-order valence-electron chi connectivity index (χ4n) is 2.83. The van der Waals surface area contributed by atoms with Gasteiger partial charge < -0.3 is 25.2 Å². The van der Waals surface area contributed by atoms with E-state index in [1.165, 1.54) is 13.0 Å². The number of halogens is 3. The van der Waals surface area contributed by atoms with Crippen molar-refractivity contribution in [3.05, 3.63) is 59.7 Å². The van der Waals surface area contributed by atoms with Crippen LogP contribution in [0.4, 0.5) is 23.7 Å². The number of unbranched alkanes of at least 4 members (excludes halogenated alkanes) is 1. The summed E-state index contributed by atoms with van der Waals surface area (Å²) < 4.78 is 49.0. The maximum Gasteiger partial charge on any atom is 0.416 e. The monoisotopic (exact) mass is 482 g/mol. The summed E-state index contributed by atoms with van der Waals surface area (Å²) in [6, 6.07) is 11.4. The molecule has 0 fully saturated rings. The molecule has 34 heavy (non-hydrogen) atoms. The van der Waals surface area contributed by atoms with Gasteiger partial charge in [-0.3, -0.25) is 4.79 Å². The second-order valence-corrected chi connectivity index (χ2v) is 7.88. The molecule has 1 atom stereocenters. The summed E-state index contributed by atoms with van der Waals surface area (Å²) in [5, 5.41) is 14.6. The molecule has 0 saturated carbocycles. The SMILES string of the molecule is CCCCOC(=O)N[C@@](C)(CO)C(=O)Nc1ccc(OCCc2cccc(C(F)(F)F)c2)cc1. The van der Waals surface area contributed by atoms with Gasteiger partial charge in [0.2, 0.25) is 0 Å². The molecule has 7 nitrogen and oxygen atoms in total. The smallest absolute Gasteiger partial charge is 0.416 e. The molecule has 0 spiro atoms. The van der Waals surface area contributed by atoms with E-state index in [0.717, 1.165) is 18.6 Å². The Balaban J connectivity index is 1.87. The summed E-state index contributed by atoms with van der Waals surface area (Å²) in [5.74, 6) is -0.173. The summed E-state index contributed by atoms with van der Waals surface area (Å²) in [4.78, 5) is 24.5. The number of rotatable bonds is 11. The Morgan fingerprint density at radius 1 is 1.06 bits per heavy atom. The van der Waals surface area contributed by atoms with E-state index < -0.39 is 35.9 Å². The van der Waals surface area contributed by atoms with Gasteiger partial charge in [0.25, 0.3) is 5.91 Å². The van der Waals surface area contributed by atoms with Gasteiger partial charge in [-0.15, -0.1) is 0 Å². The minimum absolute atomic E-state index is 0.166. The highest BCUT2D eigenvalue weighted by Gasteiger charge is 2.35. The van der Waals surface area contributed by atoms with Crippen molar-refractivity contribution in [3.8, 4) is 5.75 Å². The molecule has 2 amide bonds. The number of benzene rings is 2. The standard InChI is InChI=1S/C24H29F3N2O5/c1-3-4-13-34-22(32)29-23(2,16-30)21(31)28-19-8-10-20(11-9-19)33-14-12-17-6-5-7-18(15-17)24(25,26)27/h5-11,15,30H,3-4,12-14,16H2,1-2H3,(H,28,31)(H,29,32)/t23-/m0/s1. The maximum atomic E-state index is 12.8. The molecule has 0 aromatic heterocycles. The van der Waals surface area contributed by atoms with E-state index in [2.05, 4.69) is 10.6 Å². The fraction of sp³-hybridized carbons (Fsp3) is 0.417. The number of alkyl halides is 3. The van der Waals surface area contributed by atoms with E-state index in [9.17, 15) is 27.9 Å². The van der Waals surface area contributed by atoms with E-state index in [0.29, 0.717) is 23.4 Å². The molecular weight excluding hydrogens is 453 g/mol. The van der Waals surface area contributed by atoms with Crippen LogP contribution in [-0.4, -0.2) is 42.5 Å². The molecule has 0 unspecified atom stereocenters. The average Bonchev–Trinajstić information content (AvgIpc) is 2.80. The molecule has 0 aliphatic heterocycles. The molecule has 10 heteroatoms. The minimum Gasteiger partial charge on any atom is -0.493 e. The van der Waals surface area contributed by atoms with Crippen LogP contribution >= 0.6 is 0 Å². The van der Waals surface area contributed by atoms with Gasteiger partial charge in [0, 0.05) is 12.1 Å². The van der Waals surface area contributed by atoms with E-state index in [1.807, 2.05) is 6.92 Å². The minimum atomic E-state index is -4.39. The highest BCUT2D eigenvalue weighted by Crippen LogP contribution is 2.29. The zero-order valence-corrected chi connectivity index (χ0v) is 19.1. The maximum absolute atomic E-state index is 12.8. The Hall–Kier alpha value is -3.27. The first-order chi connectivity index (χ1) is 16.1. The number of alkyl carbamates (subject to hydrolysis) is 1. The third-order valence-electron chi connectivity index (χ3n) is 4.95. The highest BCUT2D eigenvalue weighted by molar-refractivity contribution is 5.99. The molecule has 0 heterocycles. The normalized spacial score (nSPS) is 13.0. The lowest BCUT2D eigenvalue weighted by Crippen LogP contribution is -2.57. The molecule has 2 aromatic rings. The Labute approximate surface area is 196 Å². The molecular formula is C24H29F3N2O5. The van der Waals surface area contributed by atoms with Gasteiger partial charge in [-0.05, 0) is 49.2 Å². The van der Waals surface area contributed by atoms with E-state index >= 15 is 0 Å². The Bertz CT molecular complexity index is 950. The first-order valence-corrected chi connectivity index (χ1v) is 10.8. The molecule has 0 aliphatic rings. The van der Waals surface area contributed by atoms with Crippen molar-refractivity contribution >= 4 is 17.7 Å². The van der Waals surface area contributed by atoms with Crippen molar-refractivity contribution in [2.45, 2.75) is 44.8 Å². The summed E-state index contributed by atoms with van der Waals surface area (Å²) in [6.45, 7) is 3.05. The lowest BCUT2D eigenvalue weighted by molar-refractivity contribution is -0.137. The number of aliphatic hydroxyl groups excluding tert-OH is 1. The first kappa shape index (κ1) is 27.0. The van der Waals surface area contributed by atoms with Crippen LogP contribution in [0.1, 0.15) is 37.8 Å². The van der Waals surface area contributed by atoms with Gasteiger partial charge in [0.05, 0.1) is 25.4 Å². The second-order valence-electron chi connectivity index (χ2n) is 7.88. The lowest BCUT2D eigenvalue weighted by atomic mass is 10.0. The van der Waals surface area contributed by atoms with Gasteiger partial charge in [0.1, 0.15) is 11.3 Å². The number of aliphatic hydroxyl groups is 1. The molecule has 2 aromatic carbocycles. The van der Waals surface area contributed by atoms with Crippen molar-refractivity contribution in [1.82, 2.24) is 5.32 Å². The number of hydrogen-bond acceptors (Lipinski definition) is 5. The third kappa shape index (κ3) is 8.26. The molecule has 2 rings (SSSR count). The van der Waals surface area contributed by atoms with Crippen molar-refractivity contribution in [2.75, 3.05) is 25.1 Å². The predicted octanol–water partition coefficient (Wildman–Crippen LogP) is 4.54. The van der Waals surface area contributed by atoms with Crippen molar-refractivity contribution < 1.29 is 37.3 Å². The van der Waals surface area contributed by atoms with Crippen LogP contribution in [0.2, 0.25) is 0 Å². The number of anilines is 1. The average molecular weight is 482 g/mol. The topological polar surface area (TPSA) is 96.9 Å². The van der Waals surface area contributed by atoms with E-state index in [-0.39, 0.29) is 19.6 Å². The van der Waals surface area contributed by atoms with Gasteiger partial charge in [-0.2, -0.15) is 13.2 Å². The molecule has 0 bridgehead atoms. The number of amides is 2. The van der Waals surface area contributed by atoms with Crippen LogP contribution in [0.25, 0.3) is 0 Å². The van der Waals surface area contributed by atoms with Gasteiger partial charge in [-0.25, -0.2) is 4.79 Å². The number of ether oxygens (including phenoxy) is 2. The van der Waals surface area contributed by atoms with Crippen LogP contribution < -0.4 is 15.4 Å². The first-order valence-electron chi connectivity index (χ1n) is 10.8. The fourth-order valence-corrected chi connectivity index (χ4v) is 2.83. The number of carbonyl (C=O) groups excluding carboxylic acids is 2. The largest absolute Gasteiger partial charge is 0.493 e. The molecule has 3 N–H and O–H groups in total. The summed E-state index contributed by atoms with van der Waals surface area (Å²) in [7, 11) is 0. The Kier molecular flexibility index (Phi) is 9.73. The van der Waals surface area contributed by atoms with Crippen molar-refractivity contribution in [3.63, 3.8) is 0 Å². The second kappa shape index (κ2) is 12.3. The zero-order chi connectivity index (χ0) is 25.2. The van der Waals surface area contributed by atoms with Crippen LogP contribution in [-0.2, 0) is 22.1 Å². The lowest BCUT2D eigenvalue weighted by Gasteiger charge is -2.27. The molecule has 186 valence electrons. The van der Waals surface area contributed by atoms with E-state index in [4.69, 9.17) is 9.47 Å². The predicted molar refractivity (Wildman–Crippen MR) is 121 cm³/mol. The van der Waals surface area contributed by atoms with Crippen molar-refractivity contribution in [2.24, 2.45) is 0 Å². The molecule has 0 aliphatic carbocycles. The summed E-state index contributed by atoms with van der Waals surface area (Å²) in [6.07, 6.45) is -3.38. The van der Waals surface area contributed by atoms with Gasteiger partial charge in [-0.1, -0.05) is 31.5 Å². The third-order valence-corrected chi connectivity index (χ3v) is 4.95. The molecule has 0 radical (unpaired) electrons. The number of carbonyl (C=O) groups is 2. The summed E-state index contributed by atoms with van der Waals surface area (Å²) >= 11 is 0. The van der Waals surface area contributed by atoms with Crippen LogP contribution in [0, 0.1) is 0 Å². The van der Waals surface area contributed by atoms with Crippen LogP contribution in [0.15, 0.2) is 48.5 Å². The van der Waals surface area contributed by atoms with Crippen LogP contribution in [0.5, 0.6) is 5.75 Å². The summed E-state index contributed by atoms with van der Waals surface area (Å²) in [5.41, 5.74) is -1.40. The van der Waals surface area contributed by atoms with Gasteiger partial charge in [0.15, 0.2) is 0 Å². The Morgan fingerprint density at radius 2 is 1.76 bits per heavy atom. The van der Waals surface area contributed by atoms with Gasteiger partial charge >= 0.3 is 12.3 Å². The van der Waals surface area contributed by atoms with E-state index in [1.54, 1.807) is 30.3 Å². The number of hydrogen-bond donors (Lipinski definition) is 3. The number of nitrogens with one attached hydrogen (secondary N) is 2. The van der Waals surface area contributed by atoms with Crippen molar-refractivity contribution in [1.29, 1.82) is 0 Å². The zero-order valence-electron chi connectivity index (χ0n) is 19.1. The quantitative estimate of drug-likeness (QED) is 0.409. The molecule has 0 saturated heterocycles.